The number of aliphatic imine (C=N–C) groups is 1. The summed E-state index contributed by atoms with van der Waals surface area (Å²) in [5.74, 6) is 1.49. The number of nitrogens with zero attached hydrogens (tertiary/aromatic N) is 3. The van der Waals surface area contributed by atoms with E-state index in [2.05, 4.69) is 15.2 Å². The zero-order valence-corrected chi connectivity index (χ0v) is 21.7. The minimum Gasteiger partial charge on any atom is -0.444 e. The normalized spacial score (nSPS) is 15.7. The monoisotopic (exact) mass is 526 g/mol. The van der Waals surface area contributed by atoms with E-state index in [0.717, 1.165) is 71.0 Å². The van der Waals surface area contributed by atoms with Crippen LogP contribution in [0.15, 0.2) is 4.99 Å². The highest BCUT2D eigenvalue weighted by molar-refractivity contribution is 14.0. The quantitative estimate of drug-likeness (QED) is 0.213. The number of carbonyl (C=O) groups is 1. The van der Waals surface area contributed by atoms with Crippen molar-refractivity contribution in [3.8, 4) is 0 Å². The maximum atomic E-state index is 12.4. The third-order valence-corrected chi connectivity index (χ3v) is 4.84. The Morgan fingerprint density at radius 1 is 1.21 bits per heavy atom. The molecule has 1 fully saturated rings. The standard InChI is InChI=1S/C21H42N4O3.HI/c1-7-24(20(26)28-21(3,4)5)17-18-11-14-25(15-12-18)19(22-6)23-13-9-10-16-27-8-2;/h18H,7-17H2,1-6H3,(H,22,23);1H. The number of hydrogen-bond donors (Lipinski definition) is 1. The highest BCUT2D eigenvalue weighted by atomic mass is 127. The van der Waals surface area contributed by atoms with Gasteiger partial charge in [0, 0.05) is 53.0 Å². The summed E-state index contributed by atoms with van der Waals surface area (Å²) in [5.41, 5.74) is -0.450. The Morgan fingerprint density at radius 3 is 2.38 bits per heavy atom. The van der Waals surface area contributed by atoms with Crippen molar-refractivity contribution in [1.29, 1.82) is 0 Å². The molecule has 0 saturated carbocycles. The summed E-state index contributed by atoms with van der Waals surface area (Å²) in [4.78, 5) is 20.9. The first kappa shape index (κ1) is 28.2. The van der Waals surface area contributed by atoms with Crippen LogP contribution in [0.4, 0.5) is 4.79 Å². The number of halogens is 1. The molecule has 29 heavy (non-hydrogen) atoms. The number of amides is 1. The summed E-state index contributed by atoms with van der Waals surface area (Å²) in [6.45, 7) is 15.7. The summed E-state index contributed by atoms with van der Waals surface area (Å²) < 4.78 is 10.9. The second-order valence-electron chi connectivity index (χ2n) is 8.33. The molecule has 0 aromatic carbocycles. The Bertz CT molecular complexity index is 475. The SMILES string of the molecule is CCOCCCCNC(=NC)N1CCC(CN(CC)C(=O)OC(C)(C)C)CC1.I. The maximum absolute atomic E-state index is 12.4. The van der Waals surface area contributed by atoms with Crippen LogP contribution in [0.5, 0.6) is 0 Å². The molecule has 1 saturated heterocycles. The number of carbonyl (C=O) groups excluding carboxylic acids is 1. The first-order valence-electron chi connectivity index (χ1n) is 10.8. The van der Waals surface area contributed by atoms with Gasteiger partial charge in [0.1, 0.15) is 5.60 Å². The lowest BCUT2D eigenvalue weighted by Gasteiger charge is -2.36. The van der Waals surface area contributed by atoms with E-state index >= 15 is 0 Å². The Balaban J connectivity index is 0.00000784. The Labute approximate surface area is 195 Å². The molecular formula is C21H43IN4O3. The van der Waals surface area contributed by atoms with Gasteiger partial charge < -0.3 is 24.6 Å². The predicted molar refractivity (Wildman–Crippen MR) is 130 cm³/mol. The molecule has 0 aliphatic carbocycles. The molecule has 0 spiro atoms. The molecule has 1 aliphatic rings. The van der Waals surface area contributed by atoms with E-state index < -0.39 is 5.60 Å². The van der Waals surface area contributed by atoms with Gasteiger partial charge in [0.05, 0.1) is 0 Å². The average Bonchev–Trinajstić information content (AvgIpc) is 2.65. The average molecular weight is 527 g/mol. The van der Waals surface area contributed by atoms with Crippen LogP contribution in [0.25, 0.3) is 0 Å². The van der Waals surface area contributed by atoms with Crippen molar-refractivity contribution in [2.45, 2.75) is 65.9 Å². The van der Waals surface area contributed by atoms with E-state index in [0.29, 0.717) is 12.5 Å². The van der Waals surface area contributed by atoms with Gasteiger partial charge in [-0.05, 0) is 66.2 Å². The lowest BCUT2D eigenvalue weighted by Crippen LogP contribution is -2.48. The number of rotatable bonds is 9. The minimum absolute atomic E-state index is 0. The fourth-order valence-corrected chi connectivity index (χ4v) is 3.30. The molecule has 0 aromatic rings. The Hall–Kier alpha value is -0.770. The van der Waals surface area contributed by atoms with E-state index in [4.69, 9.17) is 9.47 Å². The van der Waals surface area contributed by atoms with Gasteiger partial charge in [-0.25, -0.2) is 4.79 Å². The van der Waals surface area contributed by atoms with Crippen LogP contribution in [0.3, 0.4) is 0 Å². The molecule has 0 unspecified atom stereocenters. The van der Waals surface area contributed by atoms with Gasteiger partial charge in [0.2, 0.25) is 0 Å². The van der Waals surface area contributed by atoms with Crippen LogP contribution in [-0.4, -0.2) is 80.4 Å². The minimum atomic E-state index is -0.450. The van der Waals surface area contributed by atoms with Gasteiger partial charge in [-0.15, -0.1) is 24.0 Å². The zero-order valence-electron chi connectivity index (χ0n) is 19.3. The Morgan fingerprint density at radius 2 is 1.86 bits per heavy atom. The first-order valence-corrected chi connectivity index (χ1v) is 10.8. The van der Waals surface area contributed by atoms with Crippen LogP contribution in [0, 0.1) is 5.92 Å². The van der Waals surface area contributed by atoms with Gasteiger partial charge in [-0.2, -0.15) is 0 Å². The van der Waals surface area contributed by atoms with Gasteiger partial charge in [0.25, 0.3) is 0 Å². The topological polar surface area (TPSA) is 66.4 Å². The van der Waals surface area contributed by atoms with Crippen molar-refractivity contribution in [2.75, 3.05) is 53.0 Å². The molecule has 0 aromatic heterocycles. The number of hydrogen-bond acceptors (Lipinski definition) is 4. The van der Waals surface area contributed by atoms with Crippen molar-refractivity contribution >= 4 is 36.0 Å². The number of nitrogens with one attached hydrogen (secondary N) is 1. The molecule has 1 heterocycles. The number of ether oxygens (including phenoxy) is 2. The molecule has 0 atom stereocenters. The molecule has 172 valence electrons. The molecule has 1 aliphatic heterocycles. The summed E-state index contributed by atoms with van der Waals surface area (Å²) in [6.07, 6.45) is 4.06. The largest absolute Gasteiger partial charge is 0.444 e. The number of unbranched alkanes of at least 4 members (excludes halogenated alkanes) is 1. The Kier molecular flexibility index (Phi) is 14.7. The maximum Gasteiger partial charge on any atom is 0.410 e. The van der Waals surface area contributed by atoms with Crippen molar-refractivity contribution < 1.29 is 14.3 Å². The van der Waals surface area contributed by atoms with Crippen molar-refractivity contribution in [3.05, 3.63) is 0 Å². The van der Waals surface area contributed by atoms with Crippen LogP contribution in [0.1, 0.15) is 60.3 Å². The second-order valence-corrected chi connectivity index (χ2v) is 8.33. The predicted octanol–water partition coefficient (Wildman–Crippen LogP) is 3.97. The smallest absolute Gasteiger partial charge is 0.410 e. The van der Waals surface area contributed by atoms with Gasteiger partial charge in [0.15, 0.2) is 5.96 Å². The highest BCUT2D eigenvalue weighted by Gasteiger charge is 2.27. The molecule has 8 heteroatoms. The van der Waals surface area contributed by atoms with E-state index in [1.165, 1.54) is 0 Å². The number of piperidine rings is 1. The van der Waals surface area contributed by atoms with Gasteiger partial charge >= 0.3 is 6.09 Å². The lowest BCUT2D eigenvalue weighted by atomic mass is 9.96. The third-order valence-electron chi connectivity index (χ3n) is 4.84. The van der Waals surface area contributed by atoms with Crippen molar-refractivity contribution in [2.24, 2.45) is 10.9 Å². The molecule has 0 radical (unpaired) electrons. The third kappa shape index (κ3) is 11.9. The number of likely N-dealkylation sites (tertiary alicyclic amines) is 1. The fourth-order valence-electron chi connectivity index (χ4n) is 3.30. The van der Waals surface area contributed by atoms with Crippen LogP contribution >= 0.6 is 24.0 Å². The molecular weight excluding hydrogens is 483 g/mol. The molecule has 0 bridgehead atoms. The molecule has 1 amide bonds. The fraction of sp³-hybridized carbons (Fsp3) is 0.905. The summed E-state index contributed by atoms with van der Waals surface area (Å²) >= 11 is 0. The van der Waals surface area contributed by atoms with E-state index in [1.807, 2.05) is 46.6 Å². The van der Waals surface area contributed by atoms with Crippen LogP contribution in [-0.2, 0) is 9.47 Å². The number of guanidine groups is 1. The van der Waals surface area contributed by atoms with Gasteiger partial charge in [-0.1, -0.05) is 0 Å². The lowest BCUT2D eigenvalue weighted by molar-refractivity contribution is 0.0214. The van der Waals surface area contributed by atoms with Crippen molar-refractivity contribution in [3.63, 3.8) is 0 Å². The molecule has 7 nitrogen and oxygen atoms in total. The summed E-state index contributed by atoms with van der Waals surface area (Å²) in [7, 11) is 1.84. The second kappa shape index (κ2) is 15.1. The summed E-state index contributed by atoms with van der Waals surface area (Å²) in [6, 6.07) is 0. The van der Waals surface area contributed by atoms with Crippen LogP contribution < -0.4 is 5.32 Å². The van der Waals surface area contributed by atoms with Crippen LogP contribution in [0.2, 0.25) is 0 Å². The van der Waals surface area contributed by atoms with E-state index in [1.54, 1.807) is 0 Å². The van der Waals surface area contributed by atoms with Gasteiger partial charge in [-0.3, -0.25) is 4.99 Å². The van der Waals surface area contributed by atoms with E-state index in [-0.39, 0.29) is 30.1 Å². The highest BCUT2D eigenvalue weighted by Crippen LogP contribution is 2.20. The molecule has 1 N–H and O–H groups in total. The zero-order chi connectivity index (χ0) is 21.0. The van der Waals surface area contributed by atoms with E-state index in [9.17, 15) is 4.79 Å². The molecule has 1 rings (SSSR count). The van der Waals surface area contributed by atoms with Crippen molar-refractivity contribution in [1.82, 2.24) is 15.1 Å². The summed E-state index contributed by atoms with van der Waals surface area (Å²) in [5, 5.41) is 3.46. The first-order chi connectivity index (χ1) is 13.3.